The second-order valence-electron chi connectivity index (χ2n) is 6.31. The second kappa shape index (κ2) is 7.20. The first-order valence-corrected chi connectivity index (χ1v) is 6.80. The number of hydrogen-bond donors (Lipinski definition) is 1. The Balaban J connectivity index is 5.68. The third kappa shape index (κ3) is 4.71. The van der Waals surface area contributed by atoms with E-state index in [-0.39, 0.29) is 0 Å². The molecule has 0 bridgehead atoms. The van der Waals surface area contributed by atoms with Gasteiger partial charge in [0.1, 0.15) is 0 Å². The molecule has 0 aromatic carbocycles. The summed E-state index contributed by atoms with van der Waals surface area (Å²) in [6, 6.07) is 0. The fraction of sp³-hybridized carbons (Fsp3) is 0.917. The lowest BCUT2D eigenvalue weighted by Crippen LogP contribution is -2.68. The smallest absolute Gasteiger partial charge is 0.460 e. The van der Waals surface area contributed by atoms with Crippen molar-refractivity contribution in [3.63, 3.8) is 0 Å². The summed E-state index contributed by atoms with van der Waals surface area (Å²) in [7, 11) is 2.01. The normalized spacial score (nSPS) is 16.4. The lowest BCUT2D eigenvalue weighted by atomic mass is 9.94. The maximum absolute atomic E-state index is 13.5. The monoisotopic (exact) mass is 432 g/mol. The summed E-state index contributed by atoms with van der Waals surface area (Å²) in [5, 5.41) is 8.51. The summed E-state index contributed by atoms with van der Waals surface area (Å²) in [6.07, 6.45) is -13.3. The van der Waals surface area contributed by atoms with Crippen LogP contribution in [0, 0.1) is 0 Å². The van der Waals surface area contributed by atoms with Crippen LogP contribution in [0.2, 0.25) is 0 Å². The van der Waals surface area contributed by atoms with Crippen molar-refractivity contribution in [1.82, 2.24) is 0 Å². The molecule has 0 aliphatic rings. The topological polar surface area (TPSA) is 37.3 Å². The zero-order chi connectivity index (χ0) is 22.3. The summed E-state index contributed by atoms with van der Waals surface area (Å²) < 4.78 is 153. The number of rotatable bonds is 9. The van der Waals surface area contributed by atoms with Crippen LogP contribution in [-0.4, -0.2) is 78.8 Å². The van der Waals surface area contributed by atoms with Crippen molar-refractivity contribution < 1.29 is 67.1 Å². The zero-order valence-electron chi connectivity index (χ0n) is 13.5. The van der Waals surface area contributed by atoms with Gasteiger partial charge in [-0.2, -0.15) is 48.3 Å². The predicted molar refractivity (Wildman–Crippen MR) is 64.8 cm³/mol. The Morgan fingerprint density at radius 3 is 1.59 bits per heavy atom. The zero-order valence-corrected chi connectivity index (χ0v) is 13.5. The van der Waals surface area contributed by atoms with E-state index in [0.29, 0.717) is 0 Å². The Hall–Kier alpha value is -1.41. The number of alkyl halides is 12. The van der Waals surface area contributed by atoms with E-state index >= 15 is 0 Å². The Morgan fingerprint density at radius 2 is 1.26 bits per heavy atom. The summed E-state index contributed by atoms with van der Waals surface area (Å²) in [6.45, 7) is -1.79. The molecule has 0 heterocycles. The molecule has 0 spiro atoms. The van der Waals surface area contributed by atoms with E-state index in [4.69, 9.17) is 5.11 Å². The number of carbonyl (C=O) groups is 1. The minimum absolute atomic E-state index is 0.799. The SMILES string of the molecule is C[N+](C)(CCC(F)C(F)(F)C(F)(F)C(F)(F)C(F)(F)C(F)(F)F)CC(=O)O. The molecule has 0 amide bonds. The van der Waals surface area contributed by atoms with E-state index in [1.54, 1.807) is 0 Å². The summed E-state index contributed by atoms with van der Waals surface area (Å²) in [5.41, 5.74) is 0. The van der Waals surface area contributed by atoms with Crippen LogP contribution in [0.25, 0.3) is 0 Å². The van der Waals surface area contributed by atoms with Gasteiger partial charge >= 0.3 is 35.8 Å². The van der Waals surface area contributed by atoms with E-state index < -0.39 is 66.0 Å². The third-order valence-electron chi connectivity index (χ3n) is 3.51. The Labute approximate surface area is 144 Å². The molecule has 0 fully saturated rings. The molecule has 162 valence electrons. The van der Waals surface area contributed by atoms with E-state index in [2.05, 4.69) is 0 Å². The molecule has 27 heavy (non-hydrogen) atoms. The number of nitrogens with zero attached hydrogens (tertiary/aromatic N) is 1. The van der Waals surface area contributed by atoms with Crippen molar-refractivity contribution in [2.75, 3.05) is 27.2 Å². The molecular formula is C12H14F12NO2+. The number of carboxylic acids is 1. The third-order valence-corrected chi connectivity index (χ3v) is 3.51. The Morgan fingerprint density at radius 1 is 0.852 bits per heavy atom. The molecule has 1 N–H and O–H groups in total. The average Bonchev–Trinajstić information content (AvgIpc) is 2.41. The highest BCUT2D eigenvalue weighted by atomic mass is 19.4. The first kappa shape index (κ1) is 25.6. The van der Waals surface area contributed by atoms with Gasteiger partial charge in [0.15, 0.2) is 12.7 Å². The number of aliphatic carboxylic acids is 1. The van der Waals surface area contributed by atoms with Gasteiger partial charge in [0.2, 0.25) is 0 Å². The van der Waals surface area contributed by atoms with Gasteiger partial charge in [-0.05, 0) is 0 Å². The highest BCUT2D eigenvalue weighted by Gasteiger charge is 2.88. The van der Waals surface area contributed by atoms with E-state index in [1.165, 1.54) is 0 Å². The Bertz CT molecular complexity index is 543. The number of carboxylic acid groups (broad SMARTS) is 1. The minimum atomic E-state index is -7.67. The van der Waals surface area contributed by atoms with E-state index in [9.17, 15) is 57.5 Å². The van der Waals surface area contributed by atoms with Gasteiger partial charge in [0, 0.05) is 6.42 Å². The summed E-state index contributed by atoms with van der Waals surface area (Å²) in [4.78, 5) is 10.5. The first-order chi connectivity index (χ1) is 11.5. The van der Waals surface area contributed by atoms with Gasteiger partial charge in [-0.1, -0.05) is 0 Å². The first-order valence-electron chi connectivity index (χ1n) is 6.80. The molecule has 0 aliphatic heterocycles. The number of hydrogen-bond acceptors (Lipinski definition) is 1. The van der Waals surface area contributed by atoms with Gasteiger partial charge in [-0.15, -0.1) is 0 Å². The number of quaternary nitrogens is 1. The maximum Gasteiger partial charge on any atom is 0.460 e. The summed E-state index contributed by atoms with van der Waals surface area (Å²) in [5.74, 6) is -30.8. The van der Waals surface area contributed by atoms with E-state index in [1.807, 2.05) is 0 Å². The van der Waals surface area contributed by atoms with Crippen LogP contribution in [0.3, 0.4) is 0 Å². The fourth-order valence-electron chi connectivity index (χ4n) is 1.87. The largest absolute Gasteiger partial charge is 0.477 e. The number of halogens is 12. The molecular weight excluding hydrogens is 418 g/mol. The molecule has 1 atom stereocenters. The van der Waals surface area contributed by atoms with Gasteiger partial charge in [-0.25, -0.2) is 9.18 Å². The lowest BCUT2D eigenvalue weighted by molar-refractivity contribution is -0.883. The molecule has 0 saturated heterocycles. The molecule has 0 rings (SSSR count). The molecule has 0 radical (unpaired) electrons. The average molecular weight is 432 g/mol. The highest BCUT2D eigenvalue weighted by molar-refractivity contribution is 5.67. The Kier molecular flexibility index (Phi) is 6.83. The highest BCUT2D eigenvalue weighted by Crippen LogP contribution is 2.58. The van der Waals surface area contributed by atoms with Crippen LogP contribution in [-0.2, 0) is 4.79 Å². The fourth-order valence-corrected chi connectivity index (χ4v) is 1.87. The van der Waals surface area contributed by atoms with Crippen LogP contribution < -0.4 is 0 Å². The van der Waals surface area contributed by atoms with Gasteiger partial charge < -0.3 is 9.59 Å². The van der Waals surface area contributed by atoms with Crippen molar-refractivity contribution in [1.29, 1.82) is 0 Å². The maximum atomic E-state index is 13.5. The van der Waals surface area contributed by atoms with Crippen LogP contribution in [0.15, 0.2) is 0 Å². The number of likely N-dealkylation sites (N-methyl/N-ethyl adjacent to an activating group) is 1. The van der Waals surface area contributed by atoms with Crippen LogP contribution in [0.1, 0.15) is 6.42 Å². The van der Waals surface area contributed by atoms with Gasteiger partial charge in [0.25, 0.3) is 0 Å². The van der Waals surface area contributed by atoms with Crippen LogP contribution in [0.5, 0.6) is 0 Å². The summed E-state index contributed by atoms with van der Waals surface area (Å²) >= 11 is 0. The molecule has 0 saturated carbocycles. The van der Waals surface area contributed by atoms with Crippen LogP contribution in [0.4, 0.5) is 52.7 Å². The lowest BCUT2D eigenvalue weighted by Gasteiger charge is -2.38. The molecule has 3 nitrogen and oxygen atoms in total. The van der Waals surface area contributed by atoms with Gasteiger partial charge in [0.05, 0.1) is 20.6 Å². The molecule has 0 aliphatic carbocycles. The molecule has 0 aromatic rings. The predicted octanol–water partition coefficient (Wildman–Crippen LogP) is 3.98. The molecule has 15 heteroatoms. The molecule has 0 aromatic heterocycles. The quantitative estimate of drug-likeness (QED) is 0.442. The van der Waals surface area contributed by atoms with Crippen molar-refractivity contribution >= 4 is 5.97 Å². The van der Waals surface area contributed by atoms with Crippen molar-refractivity contribution in [2.24, 2.45) is 0 Å². The van der Waals surface area contributed by atoms with Crippen molar-refractivity contribution in [3.8, 4) is 0 Å². The molecule has 1 unspecified atom stereocenters. The standard InChI is InChI=1S/C12H13F12NO2/c1-25(2,5-7(26)27)4-3-6(13)8(14,15)9(16,17)10(18,19)11(20,21)12(22,23)24/h6H,3-5H2,1-2H3/p+1. The van der Waals surface area contributed by atoms with Gasteiger partial charge in [-0.3, -0.25) is 0 Å². The van der Waals surface area contributed by atoms with Crippen molar-refractivity contribution in [2.45, 2.75) is 42.5 Å². The van der Waals surface area contributed by atoms with Crippen LogP contribution >= 0.6 is 0 Å². The van der Waals surface area contributed by atoms with E-state index in [0.717, 1.165) is 14.1 Å². The minimum Gasteiger partial charge on any atom is -0.477 e. The van der Waals surface area contributed by atoms with Crippen molar-refractivity contribution in [3.05, 3.63) is 0 Å². The second-order valence-corrected chi connectivity index (χ2v) is 6.31.